The summed E-state index contributed by atoms with van der Waals surface area (Å²) in [5.41, 5.74) is 6.64. The Kier molecular flexibility index (Phi) is 9.61. The number of hydrogen-bond donors (Lipinski definition) is 1. The van der Waals surface area contributed by atoms with Crippen LogP contribution in [0.1, 0.15) is 5.56 Å². The Balaban J connectivity index is 2.10. The molecule has 0 unspecified atom stereocenters. The summed E-state index contributed by atoms with van der Waals surface area (Å²) >= 11 is 3.41. The van der Waals surface area contributed by atoms with Crippen LogP contribution in [0.15, 0.2) is 22.7 Å². The summed E-state index contributed by atoms with van der Waals surface area (Å²) in [6.45, 7) is 3.77. The summed E-state index contributed by atoms with van der Waals surface area (Å²) in [6, 6.07) is 5.81. The highest BCUT2D eigenvalue weighted by molar-refractivity contribution is 9.10. The van der Waals surface area contributed by atoms with Crippen molar-refractivity contribution in [2.45, 2.75) is 6.54 Å². The van der Waals surface area contributed by atoms with Gasteiger partial charge in [0.1, 0.15) is 12.4 Å². The zero-order valence-electron chi connectivity index (χ0n) is 11.8. The molecule has 0 spiro atoms. The van der Waals surface area contributed by atoms with Crippen LogP contribution in [0, 0.1) is 0 Å². The van der Waals surface area contributed by atoms with Crippen molar-refractivity contribution in [3.05, 3.63) is 28.2 Å². The zero-order chi connectivity index (χ0) is 14.6. The van der Waals surface area contributed by atoms with E-state index in [0.29, 0.717) is 46.2 Å². The maximum absolute atomic E-state index is 5.66. The van der Waals surface area contributed by atoms with E-state index in [1.54, 1.807) is 7.11 Å². The summed E-state index contributed by atoms with van der Waals surface area (Å²) in [7, 11) is 1.65. The van der Waals surface area contributed by atoms with Crippen molar-refractivity contribution in [3.63, 3.8) is 0 Å². The van der Waals surface area contributed by atoms with Crippen molar-refractivity contribution in [2.24, 2.45) is 5.73 Å². The van der Waals surface area contributed by atoms with Crippen LogP contribution < -0.4 is 10.5 Å². The first kappa shape index (κ1) is 17.4. The summed E-state index contributed by atoms with van der Waals surface area (Å²) in [4.78, 5) is 0. The van der Waals surface area contributed by atoms with Crippen molar-refractivity contribution in [1.29, 1.82) is 0 Å². The van der Waals surface area contributed by atoms with Crippen molar-refractivity contribution >= 4 is 15.9 Å². The van der Waals surface area contributed by atoms with Gasteiger partial charge < -0.3 is 24.7 Å². The summed E-state index contributed by atoms with van der Waals surface area (Å²) in [5, 5.41) is 0. The number of nitrogens with two attached hydrogens (primary N) is 1. The molecule has 0 aliphatic carbocycles. The highest BCUT2D eigenvalue weighted by atomic mass is 79.9. The van der Waals surface area contributed by atoms with Crippen LogP contribution in [-0.4, -0.2) is 46.8 Å². The highest BCUT2D eigenvalue weighted by Crippen LogP contribution is 2.23. The molecular weight excluding hydrogens is 326 g/mol. The second kappa shape index (κ2) is 11.0. The zero-order valence-corrected chi connectivity index (χ0v) is 13.4. The van der Waals surface area contributed by atoms with Crippen molar-refractivity contribution in [1.82, 2.24) is 0 Å². The predicted octanol–water partition coefficient (Wildman–Crippen LogP) is 1.97. The Bertz CT molecular complexity index is 376. The van der Waals surface area contributed by atoms with Crippen molar-refractivity contribution < 1.29 is 18.9 Å². The molecule has 1 aromatic rings. The molecule has 0 aliphatic heterocycles. The van der Waals surface area contributed by atoms with Gasteiger partial charge in [0, 0.05) is 23.7 Å². The van der Waals surface area contributed by atoms with Gasteiger partial charge in [0.05, 0.1) is 33.0 Å². The first-order valence-corrected chi connectivity index (χ1v) is 7.33. The molecule has 0 heterocycles. The van der Waals surface area contributed by atoms with E-state index in [2.05, 4.69) is 15.9 Å². The molecular formula is C14H22BrNO4. The second-order valence-electron chi connectivity index (χ2n) is 4.02. The van der Waals surface area contributed by atoms with Gasteiger partial charge >= 0.3 is 0 Å². The Morgan fingerprint density at radius 1 is 1.00 bits per heavy atom. The highest BCUT2D eigenvalue weighted by Gasteiger charge is 2.03. The minimum atomic E-state index is 0.455. The number of hydrogen-bond acceptors (Lipinski definition) is 5. The maximum atomic E-state index is 5.66. The molecule has 0 saturated heterocycles. The van der Waals surface area contributed by atoms with Gasteiger partial charge in [0.15, 0.2) is 0 Å². The number of ether oxygens (including phenoxy) is 4. The molecule has 6 heteroatoms. The summed E-state index contributed by atoms with van der Waals surface area (Å²) in [6.07, 6.45) is 0. The third-order valence-electron chi connectivity index (χ3n) is 2.54. The number of benzene rings is 1. The minimum absolute atomic E-state index is 0.455. The molecule has 2 N–H and O–H groups in total. The fourth-order valence-electron chi connectivity index (χ4n) is 1.51. The molecule has 114 valence electrons. The van der Waals surface area contributed by atoms with Gasteiger partial charge in [-0.05, 0) is 12.1 Å². The Morgan fingerprint density at radius 3 is 2.30 bits per heavy atom. The molecule has 0 bridgehead atoms. The fourth-order valence-corrected chi connectivity index (χ4v) is 1.85. The second-order valence-corrected chi connectivity index (χ2v) is 4.94. The van der Waals surface area contributed by atoms with E-state index >= 15 is 0 Å². The topological polar surface area (TPSA) is 62.9 Å². The molecule has 5 nitrogen and oxygen atoms in total. The Labute approximate surface area is 128 Å². The maximum Gasteiger partial charge on any atom is 0.125 e. The van der Waals surface area contributed by atoms with E-state index in [9.17, 15) is 0 Å². The standard InChI is InChI=1S/C14H22BrNO4/c1-17-4-5-18-6-7-19-8-9-20-14-10-13(15)3-2-12(14)11-16/h2-3,10H,4-9,11,16H2,1H3. The van der Waals surface area contributed by atoms with Gasteiger partial charge in [-0.3, -0.25) is 0 Å². The van der Waals surface area contributed by atoms with E-state index in [-0.39, 0.29) is 0 Å². The largest absolute Gasteiger partial charge is 0.491 e. The Morgan fingerprint density at radius 2 is 1.65 bits per heavy atom. The van der Waals surface area contributed by atoms with Gasteiger partial charge in [0.2, 0.25) is 0 Å². The Hall–Kier alpha value is -0.660. The molecule has 0 aliphatic rings. The normalized spacial score (nSPS) is 10.8. The van der Waals surface area contributed by atoms with Gasteiger partial charge in [-0.2, -0.15) is 0 Å². The molecule has 0 fully saturated rings. The SMILES string of the molecule is COCCOCCOCCOc1cc(Br)ccc1CN. The van der Waals surface area contributed by atoms with Crippen molar-refractivity contribution in [2.75, 3.05) is 46.8 Å². The number of rotatable bonds is 11. The van der Waals surface area contributed by atoms with Crippen LogP contribution in [-0.2, 0) is 20.8 Å². The number of halogens is 1. The lowest BCUT2D eigenvalue weighted by Gasteiger charge is -2.11. The third kappa shape index (κ3) is 7.21. The summed E-state index contributed by atoms with van der Waals surface area (Å²) in [5.74, 6) is 0.793. The molecule has 0 radical (unpaired) electrons. The van der Waals surface area contributed by atoms with Gasteiger partial charge in [-0.25, -0.2) is 0 Å². The molecule has 0 atom stereocenters. The fraction of sp³-hybridized carbons (Fsp3) is 0.571. The first-order chi connectivity index (χ1) is 9.77. The number of methoxy groups -OCH3 is 1. The average molecular weight is 348 g/mol. The van der Waals surface area contributed by atoms with Gasteiger partial charge in [-0.1, -0.05) is 22.0 Å². The molecule has 20 heavy (non-hydrogen) atoms. The lowest BCUT2D eigenvalue weighted by Crippen LogP contribution is -2.13. The quantitative estimate of drug-likeness (QED) is 0.620. The van der Waals surface area contributed by atoms with Crippen LogP contribution in [0.2, 0.25) is 0 Å². The minimum Gasteiger partial charge on any atom is -0.491 e. The van der Waals surface area contributed by atoms with E-state index in [1.807, 2.05) is 18.2 Å². The van der Waals surface area contributed by atoms with Crippen LogP contribution in [0.25, 0.3) is 0 Å². The molecule has 0 aromatic heterocycles. The first-order valence-electron chi connectivity index (χ1n) is 6.53. The smallest absolute Gasteiger partial charge is 0.125 e. The molecule has 0 saturated carbocycles. The van der Waals surface area contributed by atoms with Gasteiger partial charge in [-0.15, -0.1) is 0 Å². The van der Waals surface area contributed by atoms with Crippen LogP contribution in [0.3, 0.4) is 0 Å². The van der Waals surface area contributed by atoms with E-state index in [4.69, 9.17) is 24.7 Å². The monoisotopic (exact) mass is 347 g/mol. The molecule has 0 amide bonds. The average Bonchev–Trinajstić information content (AvgIpc) is 2.46. The molecule has 1 aromatic carbocycles. The third-order valence-corrected chi connectivity index (χ3v) is 3.03. The van der Waals surface area contributed by atoms with Crippen LogP contribution in [0.4, 0.5) is 0 Å². The lowest BCUT2D eigenvalue weighted by atomic mass is 10.2. The van der Waals surface area contributed by atoms with Gasteiger partial charge in [0.25, 0.3) is 0 Å². The van der Waals surface area contributed by atoms with Crippen LogP contribution >= 0.6 is 15.9 Å². The lowest BCUT2D eigenvalue weighted by molar-refractivity contribution is 0.0179. The predicted molar refractivity (Wildman–Crippen MR) is 81.0 cm³/mol. The van der Waals surface area contributed by atoms with E-state index in [1.165, 1.54) is 0 Å². The summed E-state index contributed by atoms with van der Waals surface area (Å²) < 4.78 is 22.2. The van der Waals surface area contributed by atoms with E-state index < -0.39 is 0 Å². The van der Waals surface area contributed by atoms with E-state index in [0.717, 1.165) is 15.8 Å². The van der Waals surface area contributed by atoms with Crippen LogP contribution in [0.5, 0.6) is 5.75 Å². The van der Waals surface area contributed by atoms with Crippen molar-refractivity contribution in [3.8, 4) is 5.75 Å². The molecule has 1 rings (SSSR count).